The Bertz CT molecular complexity index is 1540. The molecule has 1 aromatic heterocycles. The largest absolute Gasteiger partial charge is 0.368 e. The lowest BCUT2D eigenvalue weighted by Gasteiger charge is -2.48. The summed E-state index contributed by atoms with van der Waals surface area (Å²) in [6.45, 7) is 0.371. The van der Waals surface area contributed by atoms with Crippen LogP contribution in [-0.2, 0) is 20.9 Å². The first-order chi connectivity index (χ1) is 19.7. The van der Waals surface area contributed by atoms with E-state index in [9.17, 15) is 32.8 Å². The van der Waals surface area contributed by atoms with Gasteiger partial charge in [0.05, 0.1) is 29.7 Å². The number of alkyl halides is 2. The van der Waals surface area contributed by atoms with Crippen molar-refractivity contribution < 1.29 is 27.6 Å². The van der Waals surface area contributed by atoms with Gasteiger partial charge in [-0.3, -0.25) is 29.2 Å². The van der Waals surface area contributed by atoms with Crippen LogP contribution in [0.1, 0.15) is 42.9 Å². The number of nitrogens with one attached hydrogen (secondary N) is 1. The molecule has 1 N–H and O–H groups in total. The zero-order valence-corrected chi connectivity index (χ0v) is 21.8. The third-order valence-electron chi connectivity index (χ3n) is 7.96. The van der Waals surface area contributed by atoms with Gasteiger partial charge in [-0.15, -0.1) is 0 Å². The Morgan fingerprint density at radius 2 is 1.98 bits per heavy atom. The Hall–Kier alpha value is -4.66. The van der Waals surface area contributed by atoms with Crippen molar-refractivity contribution in [1.29, 1.82) is 5.26 Å². The van der Waals surface area contributed by atoms with Crippen LogP contribution in [0.4, 0.5) is 18.9 Å². The zero-order valence-electron chi connectivity index (χ0n) is 21.8. The lowest BCUT2D eigenvalue weighted by atomic mass is 9.83. The minimum atomic E-state index is -2.87. The predicted molar refractivity (Wildman–Crippen MR) is 139 cm³/mol. The molecule has 41 heavy (non-hydrogen) atoms. The molecule has 1 saturated heterocycles. The van der Waals surface area contributed by atoms with Crippen LogP contribution in [-0.4, -0.2) is 57.1 Å². The van der Waals surface area contributed by atoms with Crippen molar-refractivity contribution in [3.63, 3.8) is 0 Å². The topological polar surface area (TPSA) is 110 Å². The van der Waals surface area contributed by atoms with Gasteiger partial charge in [-0.25, -0.2) is 13.2 Å². The zero-order chi connectivity index (χ0) is 28.9. The number of nitriles is 1. The molecule has 0 spiro atoms. The maximum absolute atomic E-state index is 14.5. The molecule has 210 valence electrons. The smallest absolute Gasteiger partial charge is 0.252 e. The van der Waals surface area contributed by atoms with Crippen molar-refractivity contribution in [2.75, 3.05) is 11.4 Å². The summed E-state index contributed by atoms with van der Waals surface area (Å²) in [5.41, 5.74) is 1.47. The summed E-state index contributed by atoms with van der Waals surface area (Å²) in [7, 11) is 0. The Labute approximate surface area is 233 Å². The average Bonchev–Trinajstić information content (AvgIpc) is 3.34. The van der Waals surface area contributed by atoms with E-state index in [1.165, 1.54) is 22.1 Å². The molecule has 1 saturated carbocycles. The SMILES string of the molecule is N#CC1=CCNC(N2C(=O)CC[C@H]2C(=O)N(c2cncc(F)c2)[C@@H]2C(=O)N(C3CC(F)(F)C3)Cc3ccccc32)=C1. The molecule has 6 rings (SSSR count). The Kier molecular flexibility index (Phi) is 6.52. The van der Waals surface area contributed by atoms with Crippen LogP contribution in [0.5, 0.6) is 0 Å². The second kappa shape index (κ2) is 10.1. The number of hydrogen-bond acceptors (Lipinski definition) is 6. The quantitative estimate of drug-likeness (QED) is 0.599. The van der Waals surface area contributed by atoms with Gasteiger partial charge in [-0.2, -0.15) is 5.26 Å². The van der Waals surface area contributed by atoms with E-state index in [4.69, 9.17) is 0 Å². The summed E-state index contributed by atoms with van der Waals surface area (Å²) in [6, 6.07) is 6.93. The molecule has 0 bridgehead atoms. The van der Waals surface area contributed by atoms with Crippen molar-refractivity contribution >= 4 is 23.4 Å². The van der Waals surface area contributed by atoms with E-state index in [0.717, 1.165) is 17.2 Å². The van der Waals surface area contributed by atoms with Crippen LogP contribution in [0.25, 0.3) is 0 Å². The number of rotatable bonds is 5. The normalized spacial score (nSPS) is 23.6. The molecular formula is C29H25F3N6O3. The third-order valence-corrected chi connectivity index (χ3v) is 7.96. The van der Waals surface area contributed by atoms with Gasteiger partial charge >= 0.3 is 0 Å². The number of dihydropyridines is 1. The molecule has 0 unspecified atom stereocenters. The third kappa shape index (κ3) is 4.71. The van der Waals surface area contributed by atoms with Crippen molar-refractivity contribution in [3.05, 3.63) is 83.2 Å². The number of fused-ring (bicyclic) bond motifs is 1. The number of carbonyl (C=O) groups excluding carboxylic acids is 3. The number of benzene rings is 1. The maximum atomic E-state index is 14.5. The van der Waals surface area contributed by atoms with Gasteiger partial charge in [-0.1, -0.05) is 24.3 Å². The van der Waals surface area contributed by atoms with Gasteiger partial charge < -0.3 is 10.2 Å². The summed E-state index contributed by atoms with van der Waals surface area (Å²) >= 11 is 0. The molecule has 3 aliphatic heterocycles. The molecule has 1 aliphatic carbocycles. The molecule has 3 amide bonds. The van der Waals surface area contributed by atoms with Gasteiger partial charge in [0.1, 0.15) is 23.7 Å². The first kappa shape index (κ1) is 26.6. The fourth-order valence-corrected chi connectivity index (χ4v) is 5.98. The Balaban J connectivity index is 1.44. The van der Waals surface area contributed by atoms with Gasteiger partial charge in [0.15, 0.2) is 0 Å². The summed E-state index contributed by atoms with van der Waals surface area (Å²) in [4.78, 5) is 49.3. The predicted octanol–water partition coefficient (Wildman–Crippen LogP) is 3.32. The molecule has 9 nitrogen and oxygen atoms in total. The van der Waals surface area contributed by atoms with E-state index in [0.29, 0.717) is 16.7 Å². The lowest BCUT2D eigenvalue weighted by molar-refractivity contribution is -0.158. The molecule has 4 aliphatic rings. The highest BCUT2D eigenvalue weighted by Gasteiger charge is 2.53. The van der Waals surface area contributed by atoms with Gasteiger partial charge in [0.25, 0.3) is 17.7 Å². The highest BCUT2D eigenvalue weighted by Crippen LogP contribution is 2.45. The monoisotopic (exact) mass is 562 g/mol. The second-order valence-electron chi connectivity index (χ2n) is 10.6. The van der Waals surface area contributed by atoms with Crippen LogP contribution in [0.2, 0.25) is 0 Å². The Morgan fingerprint density at radius 1 is 1.20 bits per heavy atom. The van der Waals surface area contributed by atoms with E-state index in [1.54, 1.807) is 30.3 Å². The second-order valence-corrected chi connectivity index (χ2v) is 10.6. The number of likely N-dealkylation sites (tertiary alicyclic amines) is 1. The number of anilines is 1. The minimum Gasteiger partial charge on any atom is -0.368 e. The van der Waals surface area contributed by atoms with Crippen LogP contribution in [0, 0.1) is 17.1 Å². The first-order valence-corrected chi connectivity index (χ1v) is 13.2. The molecule has 2 aromatic rings. The molecule has 4 heterocycles. The van der Waals surface area contributed by atoms with Crippen molar-refractivity contribution in [1.82, 2.24) is 20.1 Å². The number of nitrogens with zero attached hydrogens (tertiary/aromatic N) is 5. The molecule has 2 fully saturated rings. The molecule has 12 heteroatoms. The number of pyridine rings is 1. The van der Waals surface area contributed by atoms with Crippen LogP contribution in [0.15, 0.2) is 66.3 Å². The van der Waals surface area contributed by atoms with Gasteiger partial charge in [-0.05, 0) is 29.7 Å². The van der Waals surface area contributed by atoms with Crippen LogP contribution < -0.4 is 10.2 Å². The Morgan fingerprint density at radius 3 is 2.71 bits per heavy atom. The lowest BCUT2D eigenvalue weighted by Crippen LogP contribution is -2.59. The minimum absolute atomic E-state index is 0.00793. The molecule has 0 radical (unpaired) electrons. The number of halogens is 3. The number of hydrogen-bond donors (Lipinski definition) is 1. The van der Waals surface area contributed by atoms with E-state index in [1.807, 2.05) is 6.07 Å². The summed E-state index contributed by atoms with van der Waals surface area (Å²) in [5, 5.41) is 12.4. The van der Waals surface area contributed by atoms with E-state index in [2.05, 4.69) is 10.3 Å². The van der Waals surface area contributed by atoms with E-state index >= 15 is 0 Å². The van der Waals surface area contributed by atoms with Crippen LogP contribution in [0.3, 0.4) is 0 Å². The molecule has 2 atom stereocenters. The number of allylic oxidation sites excluding steroid dienone is 2. The highest BCUT2D eigenvalue weighted by molar-refractivity contribution is 6.06. The van der Waals surface area contributed by atoms with E-state index in [-0.39, 0.29) is 43.3 Å². The highest BCUT2D eigenvalue weighted by atomic mass is 19.3. The average molecular weight is 563 g/mol. The summed E-state index contributed by atoms with van der Waals surface area (Å²) in [5.74, 6) is -4.92. The number of amides is 3. The first-order valence-electron chi connectivity index (χ1n) is 13.2. The van der Waals surface area contributed by atoms with E-state index < -0.39 is 54.5 Å². The van der Waals surface area contributed by atoms with Crippen LogP contribution >= 0.6 is 0 Å². The van der Waals surface area contributed by atoms with Gasteiger partial charge in [0, 0.05) is 44.5 Å². The van der Waals surface area contributed by atoms with Crippen molar-refractivity contribution in [2.45, 2.75) is 56.3 Å². The van der Waals surface area contributed by atoms with Crippen molar-refractivity contribution in [3.8, 4) is 6.07 Å². The van der Waals surface area contributed by atoms with Crippen molar-refractivity contribution in [2.24, 2.45) is 0 Å². The number of aromatic nitrogens is 1. The van der Waals surface area contributed by atoms with Gasteiger partial charge in [0.2, 0.25) is 5.91 Å². The number of carbonyl (C=O) groups is 3. The fraction of sp³-hybridized carbons (Fsp3) is 0.345. The summed E-state index contributed by atoms with van der Waals surface area (Å²) in [6.07, 6.45) is 4.51. The summed E-state index contributed by atoms with van der Waals surface area (Å²) < 4.78 is 42.2. The molecular weight excluding hydrogens is 537 g/mol. The maximum Gasteiger partial charge on any atom is 0.252 e. The standard InChI is InChI=1S/C29H25F3N6O3/c30-19-10-20(15-34-14-19)37(27(40)23-5-6-25(39)38(23)24-9-17(13-33)7-8-35-24)26-22-4-2-1-3-18(22)16-36(28(26)41)21-11-29(31,32)12-21/h1-4,7,9-10,14-15,21,23,26,35H,5-6,8,11-12,16H2/t23-,26-/m0/s1. The molecule has 1 aromatic carbocycles. The fourth-order valence-electron chi connectivity index (χ4n) is 5.98.